The number of allylic oxidation sites excluding steroid dienone is 1. The predicted octanol–water partition coefficient (Wildman–Crippen LogP) is 3.36. The van der Waals surface area contributed by atoms with Crippen molar-refractivity contribution in [1.82, 2.24) is 14.6 Å². The molecule has 24 heavy (non-hydrogen) atoms. The molecule has 120 valence electrons. The lowest BCUT2D eigenvalue weighted by Gasteiger charge is -2.04. The van der Waals surface area contributed by atoms with Crippen molar-refractivity contribution >= 4 is 24.0 Å². The number of fused-ring (bicyclic) bond motifs is 1. The molecule has 0 aliphatic rings. The summed E-state index contributed by atoms with van der Waals surface area (Å²) in [4.78, 5) is 11.9. The fourth-order valence-electron chi connectivity index (χ4n) is 1.97. The quantitative estimate of drug-likeness (QED) is 0.548. The number of imidazole rings is 1. The Hall–Kier alpha value is -3.35. The van der Waals surface area contributed by atoms with E-state index in [4.69, 9.17) is 4.74 Å². The molecule has 0 radical (unpaired) electrons. The fourth-order valence-corrected chi connectivity index (χ4v) is 1.97. The average Bonchev–Trinajstić information content (AvgIpc) is 3.07. The summed E-state index contributed by atoms with van der Waals surface area (Å²) in [7, 11) is 0. The van der Waals surface area contributed by atoms with Gasteiger partial charge in [-0.05, 0) is 43.5 Å². The molecule has 0 saturated heterocycles. The van der Waals surface area contributed by atoms with Crippen LogP contribution in [0.15, 0.2) is 65.0 Å². The van der Waals surface area contributed by atoms with Crippen LogP contribution < -0.4 is 4.74 Å². The number of hydrogen-bond donors (Lipinski definition) is 0. The molecular weight excluding hydrogens is 309 g/mol. The highest BCUT2D eigenvalue weighted by Gasteiger charge is 2.05. The zero-order valence-corrected chi connectivity index (χ0v) is 12.9. The van der Waals surface area contributed by atoms with Crippen molar-refractivity contribution < 1.29 is 9.13 Å². The van der Waals surface area contributed by atoms with E-state index in [0.717, 1.165) is 16.9 Å². The normalized spacial score (nSPS) is 12.4. The molecule has 7 heteroatoms. The van der Waals surface area contributed by atoms with Crippen LogP contribution in [-0.4, -0.2) is 27.3 Å². The summed E-state index contributed by atoms with van der Waals surface area (Å²) < 4.78 is 20.6. The van der Waals surface area contributed by atoms with E-state index in [9.17, 15) is 4.39 Å². The zero-order chi connectivity index (χ0) is 16.9. The number of benzene rings is 1. The molecule has 0 saturated carbocycles. The summed E-state index contributed by atoms with van der Waals surface area (Å²) in [5, 5.41) is 4.41. The first-order valence-electron chi connectivity index (χ1n) is 7.12. The molecule has 0 bridgehead atoms. The maximum Gasteiger partial charge on any atom is 0.321 e. The number of halogens is 1. The molecule has 0 N–H and O–H groups in total. The van der Waals surface area contributed by atoms with E-state index in [1.807, 2.05) is 19.1 Å². The summed E-state index contributed by atoms with van der Waals surface area (Å²) >= 11 is 0. The molecule has 3 aromatic rings. The zero-order valence-electron chi connectivity index (χ0n) is 12.9. The molecule has 3 rings (SSSR count). The van der Waals surface area contributed by atoms with Crippen LogP contribution in [-0.2, 0) is 0 Å². The van der Waals surface area contributed by atoms with E-state index in [0.29, 0.717) is 0 Å². The molecule has 0 spiro atoms. The molecule has 1 aromatic carbocycles. The van der Waals surface area contributed by atoms with Crippen molar-refractivity contribution in [3.05, 3.63) is 66.5 Å². The highest BCUT2D eigenvalue weighted by Crippen LogP contribution is 2.16. The second-order valence-electron chi connectivity index (χ2n) is 4.86. The number of rotatable bonds is 3. The van der Waals surface area contributed by atoms with Gasteiger partial charge in [0.15, 0.2) is 17.2 Å². The molecule has 2 heterocycles. The lowest BCUT2D eigenvalue weighted by atomic mass is 10.2. The molecule has 0 fully saturated rings. The molecule has 0 atom stereocenters. The lowest BCUT2D eigenvalue weighted by molar-refractivity contribution is 0.486. The van der Waals surface area contributed by atoms with E-state index in [-0.39, 0.29) is 11.8 Å². The number of amidine groups is 1. The maximum atomic E-state index is 13.6. The Morgan fingerprint density at radius 2 is 2.12 bits per heavy atom. The standard InChI is InChI=1S/C17H14FN5O/c1-12(14-7-8-16-20-9-10-23(16)22-14)11-21-17(19-2)24-15-6-4-3-5-13(15)18/h3-11H,2H2,1H3/b12-11+,21-17+. The van der Waals surface area contributed by atoms with Gasteiger partial charge in [-0.3, -0.25) is 0 Å². The SMILES string of the molecule is C=N/C(=N\C=C(/C)c1ccc2nccn2n1)Oc1ccccc1F. The minimum absolute atomic E-state index is 0.0349. The van der Waals surface area contributed by atoms with Gasteiger partial charge in [-0.2, -0.15) is 5.10 Å². The summed E-state index contributed by atoms with van der Waals surface area (Å²) in [6.07, 6.45) is 4.97. The Labute approximate surface area is 137 Å². The van der Waals surface area contributed by atoms with Gasteiger partial charge in [0.05, 0.1) is 5.69 Å². The van der Waals surface area contributed by atoms with Crippen molar-refractivity contribution in [1.29, 1.82) is 0 Å². The first-order valence-corrected chi connectivity index (χ1v) is 7.12. The van der Waals surface area contributed by atoms with Crippen molar-refractivity contribution in [2.45, 2.75) is 6.92 Å². The monoisotopic (exact) mass is 323 g/mol. The van der Waals surface area contributed by atoms with Gasteiger partial charge in [0.25, 0.3) is 0 Å². The summed E-state index contributed by atoms with van der Waals surface area (Å²) in [5.74, 6) is -0.463. The number of ether oxygens (including phenoxy) is 1. The smallest absolute Gasteiger partial charge is 0.321 e. The number of aromatic nitrogens is 3. The van der Waals surface area contributed by atoms with Gasteiger partial charge < -0.3 is 4.74 Å². The highest BCUT2D eigenvalue weighted by molar-refractivity contribution is 5.82. The van der Waals surface area contributed by atoms with Crippen LogP contribution in [0.2, 0.25) is 0 Å². The second-order valence-corrected chi connectivity index (χ2v) is 4.86. The van der Waals surface area contributed by atoms with E-state index >= 15 is 0 Å². The lowest BCUT2D eigenvalue weighted by Crippen LogP contribution is -2.05. The summed E-state index contributed by atoms with van der Waals surface area (Å²) in [6, 6.07) is 9.65. The molecular formula is C17H14FN5O. The van der Waals surface area contributed by atoms with Crippen molar-refractivity contribution in [2.24, 2.45) is 9.98 Å². The van der Waals surface area contributed by atoms with E-state index in [1.54, 1.807) is 29.0 Å². The number of hydrogen-bond acceptors (Lipinski definition) is 4. The van der Waals surface area contributed by atoms with Gasteiger partial charge in [-0.1, -0.05) is 12.1 Å². The van der Waals surface area contributed by atoms with Gasteiger partial charge >= 0.3 is 6.02 Å². The summed E-state index contributed by atoms with van der Waals surface area (Å²) in [5.41, 5.74) is 2.26. The van der Waals surface area contributed by atoms with Crippen molar-refractivity contribution in [2.75, 3.05) is 0 Å². The van der Waals surface area contributed by atoms with E-state index in [2.05, 4.69) is 26.8 Å². The van der Waals surface area contributed by atoms with Crippen molar-refractivity contribution in [3.63, 3.8) is 0 Å². The van der Waals surface area contributed by atoms with Gasteiger partial charge in [-0.25, -0.2) is 23.9 Å². The second kappa shape index (κ2) is 6.82. The van der Waals surface area contributed by atoms with Gasteiger partial charge in [0.1, 0.15) is 0 Å². The Morgan fingerprint density at radius 3 is 2.92 bits per heavy atom. The number of aliphatic imine (C=N–C) groups is 2. The Morgan fingerprint density at radius 1 is 1.29 bits per heavy atom. The van der Waals surface area contributed by atoms with Crippen LogP contribution in [0.4, 0.5) is 4.39 Å². The largest absolute Gasteiger partial charge is 0.421 e. The Balaban J connectivity index is 1.83. The molecule has 0 aliphatic heterocycles. The third-order valence-corrected chi connectivity index (χ3v) is 3.20. The average molecular weight is 323 g/mol. The highest BCUT2D eigenvalue weighted by atomic mass is 19.1. The minimum Gasteiger partial charge on any atom is -0.421 e. The van der Waals surface area contributed by atoms with Crippen LogP contribution in [0.1, 0.15) is 12.6 Å². The first-order chi connectivity index (χ1) is 11.7. The van der Waals surface area contributed by atoms with Crippen LogP contribution >= 0.6 is 0 Å². The van der Waals surface area contributed by atoms with Crippen LogP contribution in [0.5, 0.6) is 5.75 Å². The molecule has 0 amide bonds. The molecule has 0 aliphatic carbocycles. The van der Waals surface area contributed by atoms with Gasteiger partial charge in [0, 0.05) is 18.6 Å². The summed E-state index contributed by atoms with van der Waals surface area (Å²) in [6.45, 7) is 5.23. The van der Waals surface area contributed by atoms with Crippen LogP contribution in [0, 0.1) is 5.82 Å². The van der Waals surface area contributed by atoms with Crippen LogP contribution in [0.25, 0.3) is 11.2 Å². The number of nitrogens with zero attached hydrogens (tertiary/aromatic N) is 5. The molecule has 2 aromatic heterocycles. The first kappa shape index (κ1) is 15.5. The van der Waals surface area contributed by atoms with Gasteiger partial charge in [0.2, 0.25) is 0 Å². The fraction of sp³-hybridized carbons (Fsp3) is 0.0588. The topological polar surface area (TPSA) is 64.1 Å². The maximum absolute atomic E-state index is 13.6. The minimum atomic E-state index is -0.498. The molecule has 6 nitrogen and oxygen atoms in total. The number of para-hydroxylation sites is 1. The Bertz CT molecular complexity index is 945. The van der Waals surface area contributed by atoms with E-state index in [1.165, 1.54) is 18.3 Å². The third-order valence-electron chi connectivity index (χ3n) is 3.20. The Kier molecular flexibility index (Phi) is 4.42. The van der Waals surface area contributed by atoms with E-state index < -0.39 is 5.82 Å². The van der Waals surface area contributed by atoms with Crippen LogP contribution in [0.3, 0.4) is 0 Å². The predicted molar refractivity (Wildman–Crippen MR) is 90.7 cm³/mol. The molecule has 0 unspecified atom stereocenters. The van der Waals surface area contributed by atoms with Crippen molar-refractivity contribution in [3.8, 4) is 5.75 Å². The third kappa shape index (κ3) is 3.35. The van der Waals surface area contributed by atoms with Gasteiger partial charge in [-0.15, -0.1) is 0 Å².